The van der Waals surface area contributed by atoms with Crippen LogP contribution >= 0.6 is 0 Å². The van der Waals surface area contributed by atoms with Crippen molar-refractivity contribution in [3.8, 4) is 66.8 Å². The van der Waals surface area contributed by atoms with Gasteiger partial charge in [-0.25, -0.2) is 0 Å². The fourth-order valence-corrected chi connectivity index (χ4v) is 17.2. The number of benzene rings is 13. The van der Waals surface area contributed by atoms with Crippen molar-refractivity contribution in [1.82, 2.24) is 0 Å². The van der Waals surface area contributed by atoms with Gasteiger partial charge in [-0.15, -0.1) is 0 Å². The van der Waals surface area contributed by atoms with E-state index in [9.17, 15) is 0 Å². The number of hydrogen-bond acceptors (Lipinski definition) is 3. The first kappa shape index (κ1) is 48.3. The van der Waals surface area contributed by atoms with Crippen LogP contribution in [0, 0.1) is 0 Å². The quantitative estimate of drug-likeness (QED) is 0.156. The fourth-order valence-electron chi connectivity index (χ4n) is 17.2. The standard InChI is InChI=1S/C84H48O3/c85-79(49-37-40-64-61-25-7-16-34-73(61)82(76(64)46-49)67-28-10-1-19-55(67)56-20-2-11-29-68(56)82)52-43-53(80(86)50-38-41-65-62-26-8-17-35-74(62)83(77(65)47-50)69-30-12-3-21-57(69)58-22-4-13-31-70(58)83)45-54(44-52)81(87)51-39-42-66-63-27-9-18-36-75(63)84(78(66)48-51)71-32-14-5-23-59(71)60-24-6-15-33-72(60)84/h1-48H. The molecule has 0 aliphatic heterocycles. The van der Waals surface area contributed by atoms with Crippen LogP contribution in [0.2, 0.25) is 0 Å². The topological polar surface area (TPSA) is 51.2 Å². The molecule has 0 saturated carbocycles. The van der Waals surface area contributed by atoms with Gasteiger partial charge in [0.15, 0.2) is 17.3 Å². The highest BCUT2D eigenvalue weighted by Crippen LogP contribution is 2.66. The zero-order chi connectivity index (χ0) is 57.5. The summed E-state index contributed by atoms with van der Waals surface area (Å²) in [6, 6.07) is 101. The average Bonchev–Trinajstić information content (AvgIpc) is 1.58. The lowest BCUT2D eigenvalue weighted by Crippen LogP contribution is -2.26. The highest BCUT2D eigenvalue weighted by atomic mass is 16.1. The van der Waals surface area contributed by atoms with E-state index in [4.69, 9.17) is 0 Å². The maximum Gasteiger partial charge on any atom is 0.193 e. The Balaban J connectivity index is 0.798. The molecule has 0 bridgehead atoms. The molecule has 87 heavy (non-hydrogen) atoms. The third-order valence-corrected chi connectivity index (χ3v) is 20.5. The fraction of sp³-hybridized carbons (Fsp3) is 0.0357. The van der Waals surface area contributed by atoms with E-state index >= 15 is 14.4 Å². The van der Waals surface area contributed by atoms with Gasteiger partial charge in [0.05, 0.1) is 16.2 Å². The van der Waals surface area contributed by atoms with Gasteiger partial charge in [0.2, 0.25) is 0 Å². The van der Waals surface area contributed by atoms with Gasteiger partial charge in [-0.2, -0.15) is 0 Å². The van der Waals surface area contributed by atoms with Gasteiger partial charge >= 0.3 is 0 Å². The van der Waals surface area contributed by atoms with Gasteiger partial charge in [-0.1, -0.05) is 255 Å². The van der Waals surface area contributed by atoms with Gasteiger partial charge in [-0.05, 0) is 170 Å². The first-order valence-corrected chi connectivity index (χ1v) is 30.0. The van der Waals surface area contributed by atoms with Crippen LogP contribution in [-0.2, 0) is 16.2 Å². The molecule has 0 N–H and O–H groups in total. The van der Waals surface area contributed by atoms with Crippen LogP contribution in [0.4, 0.5) is 0 Å². The van der Waals surface area contributed by atoms with Crippen molar-refractivity contribution in [2.45, 2.75) is 16.2 Å². The second-order valence-corrected chi connectivity index (χ2v) is 24.2. The molecular weight excluding hydrogens is 1060 g/mol. The van der Waals surface area contributed by atoms with Crippen molar-refractivity contribution in [3.63, 3.8) is 0 Å². The van der Waals surface area contributed by atoms with Crippen LogP contribution in [0.25, 0.3) is 66.8 Å². The SMILES string of the molecule is O=C(c1cc(C(=O)c2ccc3c(c2)C2(c4ccccc4-c4ccccc42)c2ccccc2-3)cc(C(=O)c2ccc3c(c2)C2(c4ccccc4-c4ccccc42)c2ccccc2-3)c1)c1ccc2c(c1)C1(c3ccccc3-c3ccccc31)c1ccccc1-2. The Labute approximate surface area is 503 Å². The molecule has 0 heterocycles. The number of fused-ring (bicyclic) bond motifs is 30. The smallest absolute Gasteiger partial charge is 0.193 e. The molecule has 3 heteroatoms. The van der Waals surface area contributed by atoms with Crippen molar-refractivity contribution >= 4 is 17.3 Å². The van der Waals surface area contributed by atoms with Crippen LogP contribution in [0.15, 0.2) is 291 Å². The third-order valence-electron chi connectivity index (χ3n) is 20.5. The minimum atomic E-state index is -0.676. The molecule has 6 aliphatic rings. The summed E-state index contributed by atoms with van der Waals surface area (Å²) in [5.41, 5.74) is 27.5. The van der Waals surface area contributed by atoms with Crippen LogP contribution in [0.3, 0.4) is 0 Å². The van der Waals surface area contributed by atoms with Crippen LogP contribution in [-0.4, -0.2) is 17.3 Å². The Bertz CT molecular complexity index is 4600. The molecule has 0 radical (unpaired) electrons. The van der Waals surface area contributed by atoms with Crippen molar-refractivity contribution in [3.05, 3.63) is 391 Å². The Hall–Kier alpha value is -11.1. The summed E-state index contributed by atoms with van der Waals surface area (Å²) in [4.78, 5) is 47.9. The molecule has 0 fully saturated rings. The summed E-state index contributed by atoms with van der Waals surface area (Å²) in [6.45, 7) is 0. The number of carbonyl (C=O) groups is 3. The lowest BCUT2D eigenvalue weighted by molar-refractivity contribution is 0.103. The predicted molar refractivity (Wildman–Crippen MR) is 345 cm³/mol. The Morgan fingerprint density at radius 1 is 0.161 bits per heavy atom. The van der Waals surface area contributed by atoms with Gasteiger partial charge in [0.1, 0.15) is 0 Å². The maximum absolute atomic E-state index is 16.0. The zero-order valence-corrected chi connectivity index (χ0v) is 46.9. The van der Waals surface area contributed by atoms with E-state index in [1.54, 1.807) is 18.2 Å². The van der Waals surface area contributed by atoms with Crippen LogP contribution in [0.5, 0.6) is 0 Å². The molecule has 13 aromatic rings. The Kier molecular flexibility index (Phi) is 9.57. The van der Waals surface area contributed by atoms with E-state index in [0.29, 0.717) is 16.7 Å². The van der Waals surface area contributed by atoms with E-state index in [0.717, 1.165) is 50.1 Å². The highest BCUT2D eigenvalue weighted by molar-refractivity contribution is 6.18. The molecule has 0 amide bonds. The predicted octanol–water partition coefficient (Wildman–Crippen LogP) is 18.4. The Morgan fingerprint density at radius 3 is 0.506 bits per heavy atom. The van der Waals surface area contributed by atoms with Crippen molar-refractivity contribution in [2.75, 3.05) is 0 Å². The molecule has 19 rings (SSSR count). The largest absolute Gasteiger partial charge is 0.289 e. The molecule has 0 saturated heterocycles. The first-order chi connectivity index (χ1) is 42.9. The molecule has 402 valence electrons. The normalized spacial score (nSPS) is 14.6. The van der Waals surface area contributed by atoms with Crippen molar-refractivity contribution < 1.29 is 14.4 Å². The molecule has 0 aromatic heterocycles. The maximum atomic E-state index is 16.0. The summed E-state index contributed by atoms with van der Waals surface area (Å²) in [7, 11) is 0. The summed E-state index contributed by atoms with van der Waals surface area (Å²) < 4.78 is 0. The summed E-state index contributed by atoms with van der Waals surface area (Å²) in [5.74, 6) is -0.841. The third kappa shape index (κ3) is 5.93. The molecule has 3 spiro atoms. The highest BCUT2D eigenvalue weighted by Gasteiger charge is 2.55. The molecule has 13 aromatic carbocycles. The first-order valence-electron chi connectivity index (χ1n) is 30.0. The molecule has 0 unspecified atom stereocenters. The Morgan fingerprint density at radius 2 is 0.322 bits per heavy atom. The van der Waals surface area contributed by atoms with E-state index in [1.165, 1.54) is 83.5 Å². The summed E-state index contributed by atoms with van der Waals surface area (Å²) in [6.07, 6.45) is 0. The number of hydrogen-bond donors (Lipinski definition) is 0. The van der Waals surface area contributed by atoms with Gasteiger partial charge in [0.25, 0.3) is 0 Å². The monoisotopic (exact) mass is 1100 g/mol. The molecule has 3 nitrogen and oxygen atoms in total. The van der Waals surface area contributed by atoms with E-state index in [1.807, 2.05) is 18.2 Å². The molecular formula is C84H48O3. The molecule has 6 aliphatic carbocycles. The molecule has 0 atom stereocenters. The lowest BCUT2D eigenvalue weighted by Gasteiger charge is -2.30. The van der Waals surface area contributed by atoms with Gasteiger partial charge < -0.3 is 0 Å². The minimum Gasteiger partial charge on any atom is -0.289 e. The number of rotatable bonds is 6. The van der Waals surface area contributed by atoms with E-state index in [2.05, 4.69) is 255 Å². The number of carbonyl (C=O) groups excluding carboxylic acids is 3. The van der Waals surface area contributed by atoms with Gasteiger partial charge in [-0.3, -0.25) is 14.4 Å². The average molecular weight is 1110 g/mol. The van der Waals surface area contributed by atoms with Crippen LogP contribution < -0.4 is 0 Å². The lowest BCUT2D eigenvalue weighted by atomic mass is 9.70. The zero-order valence-electron chi connectivity index (χ0n) is 46.9. The summed E-state index contributed by atoms with van der Waals surface area (Å²) >= 11 is 0. The summed E-state index contributed by atoms with van der Waals surface area (Å²) in [5, 5.41) is 0. The second kappa shape index (κ2) is 17.3. The van der Waals surface area contributed by atoms with Crippen LogP contribution in [0.1, 0.15) is 115 Å². The van der Waals surface area contributed by atoms with Gasteiger partial charge in [0, 0.05) is 33.4 Å². The van der Waals surface area contributed by atoms with Crippen molar-refractivity contribution in [1.29, 1.82) is 0 Å². The number of ketones is 3. The second-order valence-electron chi connectivity index (χ2n) is 24.2. The van der Waals surface area contributed by atoms with Crippen molar-refractivity contribution in [2.24, 2.45) is 0 Å². The van der Waals surface area contributed by atoms with E-state index in [-0.39, 0.29) is 34.0 Å². The minimum absolute atomic E-state index is 0.258. The van der Waals surface area contributed by atoms with E-state index < -0.39 is 16.2 Å².